The van der Waals surface area contributed by atoms with Crippen LogP contribution >= 0.6 is 0 Å². The standard InChI is InChI=1S/C21H20N2O/c24-21(15-23-13-12-16-6-1-2-8-18(16)14-23)22-20-11-5-9-17-7-3-4-10-19(17)20/h1-4,6-8,10,12-14,20H,5,9,11,15H2/p+1/t20-/m0/s1. The van der Waals surface area contributed by atoms with E-state index in [4.69, 9.17) is 0 Å². The number of hydrogen-bond donors (Lipinski definition) is 1. The van der Waals surface area contributed by atoms with Crippen LogP contribution in [0.2, 0.25) is 0 Å². The molecule has 0 fully saturated rings. The third kappa shape index (κ3) is 3.02. The van der Waals surface area contributed by atoms with Gasteiger partial charge < -0.3 is 5.32 Å². The number of aromatic nitrogens is 1. The van der Waals surface area contributed by atoms with E-state index in [1.165, 1.54) is 16.5 Å². The van der Waals surface area contributed by atoms with Crippen molar-refractivity contribution in [3.8, 4) is 0 Å². The van der Waals surface area contributed by atoms with Gasteiger partial charge in [-0.05, 0) is 41.8 Å². The van der Waals surface area contributed by atoms with E-state index < -0.39 is 0 Å². The zero-order valence-electron chi connectivity index (χ0n) is 13.6. The molecule has 1 atom stereocenters. The second-order valence-electron chi connectivity index (χ2n) is 6.46. The highest BCUT2D eigenvalue weighted by Gasteiger charge is 2.22. The van der Waals surface area contributed by atoms with Crippen LogP contribution in [0.5, 0.6) is 0 Å². The predicted octanol–water partition coefficient (Wildman–Crippen LogP) is 3.32. The Hall–Kier alpha value is -2.68. The van der Waals surface area contributed by atoms with Crippen molar-refractivity contribution in [1.29, 1.82) is 0 Å². The lowest BCUT2D eigenvalue weighted by molar-refractivity contribution is -0.683. The van der Waals surface area contributed by atoms with Crippen molar-refractivity contribution >= 4 is 16.7 Å². The Balaban J connectivity index is 1.48. The zero-order chi connectivity index (χ0) is 16.4. The topological polar surface area (TPSA) is 33.0 Å². The van der Waals surface area contributed by atoms with Crippen LogP contribution in [0.3, 0.4) is 0 Å². The van der Waals surface area contributed by atoms with Crippen LogP contribution in [-0.2, 0) is 17.8 Å². The number of rotatable bonds is 3. The molecule has 0 saturated carbocycles. The number of nitrogens with zero attached hydrogens (tertiary/aromatic N) is 1. The quantitative estimate of drug-likeness (QED) is 0.739. The molecule has 3 heteroatoms. The average Bonchev–Trinajstić information content (AvgIpc) is 2.62. The van der Waals surface area contributed by atoms with Gasteiger partial charge in [-0.25, -0.2) is 0 Å². The summed E-state index contributed by atoms with van der Waals surface area (Å²) in [6.07, 6.45) is 7.26. The second-order valence-corrected chi connectivity index (χ2v) is 6.46. The number of carbonyl (C=O) groups is 1. The molecule has 120 valence electrons. The van der Waals surface area contributed by atoms with E-state index in [-0.39, 0.29) is 11.9 Å². The third-order valence-corrected chi connectivity index (χ3v) is 4.78. The van der Waals surface area contributed by atoms with Crippen molar-refractivity contribution in [3.05, 3.63) is 78.1 Å². The summed E-state index contributed by atoms with van der Waals surface area (Å²) in [4.78, 5) is 12.5. The number of hydrogen-bond acceptors (Lipinski definition) is 1. The Morgan fingerprint density at radius 3 is 2.75 bits per heavy atom. The number of nitrogens with one attached hydrogen (secondary N) is 1. The number of pyridine rings is 1. The van der Waals surface area contributed by atoms with E-state index in [0.29, 0.717) is 6.54 Å². The van der Waals surface area contributed by atoms with Crippen LogP contribution in [0.15, 0.2) is 67.0 Å². The summed E-state index contributed by atoms with van der Waals surface area (Å²) in [7, 11) is 0. The van der Waals surface area contributed by atoms with E-state index >= 15 is 0 Å². The number of carbonyl (C=O) groups excluding carboxylic acids is 1. The maximum Gasteiger partial charge on any atom is 0.286 e. The molecule has 3 aromatic rings. The van der Waals surface area contributed by atoms with Crippen LogP contribution in [0.25, 0.3) is 10.8 Å². The fourth-order valence-electron chi connectivity index (χ4n) is 3.59. The molecule has 1 heterocycles. The molecule has 1 amide bonds. The fraction of sp³-hybridized carbons (Fsp3) is 0.238. The summed E-state index contributed by atoms with van der Waals surface area (Å²) in [5.74, 6) is 0.0667. The first kappa shape index (κ1) is 14.9. The van der Waals surface area contributed by atoms with E-state index in [9.17, 15) is 4.79 Å². The minimum Gasteiger partial charge on any atom is -0.344 e. The first-order valence-corrected chi connectivity index (χ1v) is 8.54. The summed E-state index contributed by atoms with van der Waals surface area (Å²) in [5.41, 5.74) is 2.65. The van der Waals surface area contributed by atoms with Gasteiger partial charge in [-0.15, -0.1) is 0 Å². The lowest BCUT2D eigenvalue weighted by Crippen LogP contribution is -2.43. The Labute approximate surface area is 141 Å². The third-order valence-electron chi connectivity index (χ3n) is 4.78. The molecular formula is C21H21N2O+. The molecule has 0 radical (unpaired) electrons. The normalized spacial score (nSPS) is 16.6. The van der Waals surface area contributed by atoms with Crippen molar-refractivity contribution in [1.82, 2.24) is 5.32 Å². The molecule has 4 rings (SSSR count). The lowest BCUT2D eigenvalue weighted by atomic mass is 9.88. The van der Waals surface area contributed by atoms with E-state index in [0.717, 1.165) is 24.6 Å². The summed E-state index contributed by atoms with van der Waals surface area (Å²) in [6, 6.07) is 18.8. The number of fused-ring (bicyclic) bond motifs is 2. The lowest BCUT2D eigenvalue weighted by Gasteiger charge is -2.25. The van der Waals surface area contributed by atoms with Crippen LogP contribution in [0.1, 0.15) is 30.0 Å². The van der Waals surface area contributed by atoms with Crippen molar-refractivity contribution in [2.75, 3.05) is 0 Å². The summed E-state index contributed by atoms with van der Waals surface area (Å²) in [5, 5.41) is 5.55. The van der Waals surface area contributed by atoms with E-state index in [1.807, 2.05) is 29.1 Å². The Bertz CT molecular complexity index is 888. The van der Waals surface area contributed by atoms with Crippen LogP contribution in [0, 0.1) is 0 Å². The highest BCUT2D eigenvalue weighted by Crippen LogP contribution is 2.29. The first-order valence-electron chi connectivity index (χ1n) is 8.54. The van der Waals surface area contributed by atoms with Crippen molar-refractivity contribution in [2.24, 2.45) is 0 Å². The highest BCUT2D eigenvalue weighted by molar-refractivity contribution is 5.80. The van der Waals surface area contributed by atoms with Gasteiger partial charge in [0.15, 0.2) is 12.4 Å². The van der Waals surface area contributed by atoms with Crippen molar-refractivity contribution in [2.45, 2.75) is 31.8 Å². The summed E-state index contributed by atoms with van der Waals surface area (Å²) < 4.78 is 1.95. The first-order chi connectivity index (χ1) is 11.8. The maximum atomic E-state index is 12.5. The molecule has 0 unspecified atom stereocenters. The molecule has 0 saturated heterocycles. The molecule has 1 aliphatic carbocycles. The maximum absolute atomic E-state index is 12.5. The van der Waals surface area contributed by atoms with Crippen LogP contribution in [-0.4, -0.2) is 5.91 Å². The second kappa shape index (κ2) is 6.44. The van der Waals surface area contributed by atoms with Gasteiger partial charge in [0.2, 0.25) is 6.54 Å². The molecule has 1 N–H and O–H groups in total. The Kier molecular flexibility index (Phi) is 3.99. The summed E-state index contributed by atoms with van der Waals surface area (Å²) in [6.45, 7) is 0.351. The van der Waals surface area contributed by atoms with Gasteiger partial charge in [-0.1, -0.05) is 42.5 Å². The Morgan fingerprint density at radius 2 is 1.83 bits per heavy atom. The Morgan fingerprint density at radius 1 is 1.04 bits per heavy atom. The molecular weight excluding hydrogens is 296 g/mol. The minimum absolute atomic E-state index is 0.0667. The van der Waals surface area contributed by atoms with Crippen molar-refractivity contribution < 1.29 is 9.36 Å². The average molecular weight is 317 g/mol. The molecule has 1 aliphatic rings. The SMILES string of the molecule is O=C(C[n+]1ccc2ccccc2c1)N[C@H]1CCCc2ccccc21. The molecule has 1 aromatic heterocycles. The van der Waals surface area contributed by atoms with Gasteiger partial charge in [0, 0.05) is 11.5 Å². The zero-order valence-corrected chi connectivity index (χ0v) is 13.6. The minimum atomic E-state index is 0.0667. The molecule has 24 heavy (non-hydrogen) atoms. The van der Waals surface area contributed by atoms with Crippen LogP contribution < -0.4 is 9.88 Å². The monoisotopic (exact) mass is 317 g/mol. The van der Waals surface area contributed by atoms with E-state index in [2.05, 4.69) is 47.8 Å². The number of aryl methyl sites for hydroxylation is 1. The highest BCUT2D eigenvalue weighted by atomic mass is 16.2. The fourth-order valence-corrected chi connectivity index (χ4v) is 3.59. The smallest absolute Gasteiger partial charge is 0.286 e. The number of benzene rings is 2. The van der Waals surface area contributed by atoms with E-state index in [1.54, 1.807) is 0 Å². The molecule has 2 aromatic carbocycles. The van der Waals surface area contributed by atoms with Gasteiger partial charge in [-0.2, -0.15) is 4.57 Å². The largest absolute Gasteiger partial charge is 0.344 e. The molecule has 0 aliphatic heterocycles. The van der Waals surface area contributed by atoms with Gasteiger partial charge >= 0.3 is 0 Å². The predicted molar refractivity (Wildman–Crippen MR) is 94.4 cm³/mol. The molecule has 0 spiro atoms. The van der Waals surface area contributed by atoms with Gasteiger partial charge in [0.1, 0.15) is 0 Å². The van der Waals surface area contributed by atoms with Crippen LogP contribution in [0.4, 0.5) is 0 Å². The number of amides is 1. The molecule has 0 bridgehead atoms. The van der Waals surface area contributed by atoms with Gasteiger partial charge in [0.05, 0.1) is 6.04 Å². The van der Waals surface area contributed by atoms with Gasteiger partial charge in [-0.3, -0.25) is 4.79 Å². The van der Waals surface area contributed by atoms with Crippen molar-refractivity contribution in [3.63, 3.8) is 0 Å². The molecule has 3 nitrogen and oxygen atoms in total. The van der Waals surface area contributed by atoms with Gasteiger partial charge in [0.25, 0.3) is 5.91 Å². The summed E-state index contributed by atoms with van der Waals surface area (Å²) >= 11 is 0.